The number of aromatic nitrogens is 2. The molecule has 2 rings (SSSR count). The van der Waals surface area contributed by atoms with Crippen molar-refractivity contribution in [3.05, 3.63) is 11.7 Å². The molecule has 5 nitrogen and oxygen atoms in total. The first-order valence-electron chi connectivity index (χ1n) is 5.03. The van der Waals surface area contributed by atoms with Crippen molar-refractivity contribution in [2.75, 3.05) is 13.2 Å². The van der Waals surface area contributed by atoms with Crippen LogP contribution in [0, 0.1) is 0 Å². The number of hydrogen-bond acceptors (Lipinski definition) is 5. The number of alkyl halides is 2. The van der Waals surface area contributed by atoms with E-state index in [0.29, 0.717) is 19.0 Å². The molecule has 1 fully saturated rings. The standard InChI is InChI=1S/C9H12F2N2O3/c10-8(11)6(14)3-7-12-9(13-16-7)5-1-2-15-4-5/h5-6,8,14H,1-4H2. The maximum Gasteiger partial charge on any atom is 0.264 e. The highest BCUT2D eigenvalue weighted by molar-refractivity contribution is 4.98. The molecule has 2 atom stereocenters. The highest BCUT2D eigenvalue weighted by Gasteiger charge is 2.25. The molecule has 1 aliphatic rings. The first kappa shape index (κ1) is 11.4. The normalized spacial score (nSPS) is 22.9. The third-order valence-corrected chi connectivity index (χ3v) is 2.45. The molecule has 1 N–H and O–H groups in total. The molecular formula is C9H12F2N2O3. The van der Waals surface area contributed by atoms with Gasteiger partial charge in [0.2, 0.25) is 5.89 Å². The van der Waals surface area contributed by atoms with E-state index in [0.717, 1.165) is 6.42 Å². The molecule has 2 heterocycles. The molecule has 1 aliphatic heterocycles. The molecule has 0 bridgehead atoms. The lowest BCUT2D eigenvalue weighted by molar-refractivity contribution is -0.00754. The first-order chi connectivity index (χ1) is 7.66. The van der Waals surface area contributed by atoms with Crippen molar-refractivity contribution in [2.24, 2.45) is 0 Å². The molecule has 16 heavy (non-hydrogen) atoms. The zero-order valence-corrected chi connectivity index (χ0v) is 8.47. The summed E-state index contributed by atoms with van der Waals surface area (Å²) in [6.45, 7) is 1.17. The van der Waals surface area contributed by atoms with Gasteiger partial charge in [-0.25, -0.2) is 8.78 Å². The zero-order chi connectivity index (χ0) is 11.5. The van der Waals surface area contributed by atoms with Crippen LogP contribution in [0.5, 0.6) is 0 Å². The van der Waals surface area contributed by atoms with Gasteiger partial charge < -0.3 is 14.4 Å². The Bertz CT molecular complexity index is 339. The average Bonchev–Trinajstić information content (AvgIpc) is 2.85. The highest BCUT2D eigenvalue weighted by atomic mass is 19.3. The second-order valence-electron chi connectivity index (χ2n) is 3.71. The SMILES string of the molecule is OC(Cc1nc(C2CCOC2)no1)C(F)F. The molecule has 1 aromatic heterocycles. The van der Waals surface area contributed by atoms with E-state index in [4.69, 9.17) is 14.4 Å². The van der Waals surface area contributed by atoms with E-state index < -0.39 is 12.5 Å². The summed E-state index contributed by atoms with van der Waals surface area (Å²) in [6, 6.07) is 0. The predicted molar refractivity (Wildman–Crippen MR) is 48.2 cm³/mol. The molecule has 0 aromatic carbocycles. The fraction of sp³-hybridized carbons (Fsp3) is 0.778. The topological polar surface area (TPSA) is 68.4 Å². The maximum atomic E-state index is 12.1. The Morgan fingerprint density at radius 1 is 1.50 bits per heavy atom. The van der Waals surface area contributed by atoms with E-state index in [1.54, 1.807) is 0 Å². The third kappa shape index (κ3) is 2.53. The lowest BCUT2D eigenvalue weighted by Gasteiger charge is -2.04. The predicted octanol–water partition coefficient (Wildman–Crippen LogP) is 0.742. The van der Waals surface area contributed by atoms with Gasteiger partial charge in [-0.05, 0) is 6.42 Å². The number of nitrogens with zero attached hydrogens (tertiary/aromatic N) is 2. The summed E-state index contributed by atoms with van der Waals surface area (Å²) in [5.41, 5.74) is 0. The fourth-order valence-electron chi connectivity index (χ4n) is 1.52. The summed E-state index contributed by atoms with van der Waals surface area (Å²) in [5, 5.41) is 12.6. The Kier molecular flexibility index (Phi) is 3.45. The quantitative estimate of drug-likeness (QED) is 0.832. The number of rotatable bonds is 4. The van der Waals surface area contributed by atoms with E-state index in [1.165, 1.54) is 0 Å². The van der Waals surface area contributed by atoms with Gasteiger partial charge in [0.15, 0.2) is 5.82 Å². The van der Waals surface area contributed by atoms with Crippen LogP contribution >= 0.6 is 0 Å². The summed E-state index contributed by atoms with van der Waals surface area (Å²) < 4.78 is 34.1. The van der Waals surface area contributed by atoms with Crippen molar-refractivity contribution < 1.29 is 23.1 Å². The van der Waals surface area contributed by atoms with Crippen molar-refractivity contribution >= 4 is 0 Å². The van der Waals surface area contributed by atoms with Crippen LogP contribution in [0.1, 0.15) is 24.1 Å². The number of halogens is 2. The van der Waals surface area contributed by atoms with Crippen molar-refractivity contribution in [1.82, 2.24) is 10.1 Å². The van der Waals surface area contributed by atoms with E-state index in [1.807, 2.05) is 0 Å². The van der Waals surface area contributed by atoms with Crippen molar-refractivity contribution in [3.63, 3.8) is 0 Å². The molecule has 7 heteroatoms. The molecular weight excluding hydrogens is 222 g/mol. The fourth-order valence-corrected chi connectivity index (χ4v) is 1.52. The number of aliphatic hydroxyl groups excluding tert-OH is 1. The van der Waals surface area contributed by atoms with Gasteiger partial charge in [-0.2, -0.15) is 4.98 Å². The molecule has 0 aliphatic carbocycles. The minimum atomic E-state index is -2.80. The van der Waals surface area contributed by atoms with E-state index in [-0.39, 0.29) is 18.2 Å². The largest absolute Gasteiger partial charge is 0.387 e. The summed E-state index contributed by atoms with van der Waals surface area (Å²) in [4.78, 5) is 3.96. The monoisotopic (exact) mass is 234 g/mol. The van der Waals surface area contributed by atoms with Crippen LogP contribution in [0.15, 0.2) is 4.52 Å². The molecule has 0 saturated carbocycles. The summed E-state index contributed by atoms with van der Waals surface area (Å²) in [6.07, 6.45) is -4.08. The van der Waals surface area contributed by atoms with Crippen LogP contribution in [-0.4, -0.2) is 41.0 Å². The summed E-state index contributed by atoms with van der Waals surface area (Å²) in [7, 11) is 0. The minimum absolute atomic E-state index is 0.0368. The van der Waals surface area contributed by atoms with Crippen LogP contribution in [0.4, 0.5) is 8.78 Å². The van der Waals surface area contributed by atoms with Gasteiger partial charge in [-0.3, -0.25) is 0 Å². The van der Waals surface area contributed by atoms with Crippen molar-refractivity contribution in [1.29, 1.82) is 0 Å². The molecule has 90 valence electrons. The zero-order valence-electron chi connectivity index (χ0n) is 8.47. The Morgan fingerprint density at radius 2 is 2.31 bits per heavy atom. The minimum Gasteiger partial charge on any atom is -0.387 e. The Labute approximate surface area is 90.4 Å². The van der Waals surface area contributed by atoms with Gasteiger partial charge in [-0.1, -0.05) is 5.16 Å². The average molecular weight is 234 g/mol. The van der Waals surface area contributed by atoms with Crippen LogP contribution in [0.3, 0.4) is 0 Å². The molecule has 0 amide bonds. The summed E-state index contributed by atoms with van der Waals surface area (Å²) in [5.74, 6) is 0.574. The van der Waals surface area contributed by atoms with Gasteiger partial charge in [0, 0.05) is 12.5 Å². The molecule has 1 aromatic rings. The number of hydrogen-bond donors (Lipinski definition) is 1. The van der Waals surface area contributed by atoms with E-state index >= 15 is 0 Å². The van der Waals surface area contributed by atoms with Crippen LogP contribution in [-0.2, 0) is 11.2 Å². The van der Waals surface area contributed by atoms with E-state index in [2.05, 4.69) is 10.1 Å². The van der Waals surface area contributed by atoms with Crippen molar-refractivity contribution in [2.45, 2.75) is 31.3 Å². The second kappa shape index (κ2) is 4.84. The van der Waals surface area contributed by atoms with Gasteiger partial charge in [-0.15, -0.1) is 0 Å². The molecule has 1 saturated heterocycles. The van der Waals surface area contributed by atoms with Gasteiger partial charge in [0.25, 0.3) is 6.43 Å². The first-order valence-corrected chi connectivity index (χ1v) is 5.03. The van der Waals surface area contributed by atoms with Crippen LogP contribution in [0.25, 0.3) is 0 Å². The van der Waals surface area contributed by atoms with Crippen LogP contribution in [0.2, 0.25) is 0 Å². The van der Waals surface area contributed by atoms with Gasteiger partial charge >= 0.3 is 0 Å². The third-order valence-electron chi connectivity index (χ3n) is 2.45. The van der Waals surface area contributed by atoms with Crippen molar-refractivity contribution in [3.8, 4) is 0 Å². The van der Waals surface area contributed by atoms with Gasteiger partial charge in [0.1, 0.15) is 6.10 Å². The number of ether oxygens (including phenoxy) is 1. The Balaban J connectivity index is 1.96. The molecule has 0 spiro atoms. The smallest absolute Gasteiger partial charge is 0.264 e. The van der Waals surface area contributed by atoms with Crippen LogP contribution < -0.4 is 0 Å². The molecule has 0 radical (unpaired) electrons. The lowest BCUT2D eigenvalue weighted by Crippen LogP contribution is -2.20. The Hall–Kier alpha value is -1.08. The highest BCUT2D eigenvalue weighted by Crippen LogP contribution is 2.22. The summed E-state index contributed by atoms with van der Waals surface area (Å²) >= 11 is 0. The van der Waals surface area contributed by atoms with Gasteiger partial charge in [0.05, 0.1) is 13.0 Å². The maximum absolute atomic E-state index is 12.1. The van der Waals surface area contributed by atoms with E-state index in [9.17, 15) is 8.78 Å². The number of aliphatic hydroxyl groups is 1. The molecule has 2 unspecified atom stereocenters. The lowest BCUT2D eigenvalue weighted by atomic mass is 10.1. The Morgan fingerprint density at radius 3 is 2.94 bits per heavy atom. The second-order valence-corrected chi connectivity index (χ2v) is 3.71.